The van der Waals surface area contributed by atoms with Crippen molar-refractivity contribution in [2.75, 3.05) is 0 Å². The SMILES string of the molecule is CC(C)Cc1cc(C(=O)NCc2ccc(F)c(CO)c2)cc(=O)[nH]1. The van der Waals surface area contributed by atoms with E-state index in [1.165, 1.54) is 24.3 Å². The molecule has 0 aliphatic carbocycles. The zero-order valence-electron chi connectivity index (χ0n) is 13.7. The van der Waals surface area contributed by atoms with Crippen LogP contribution < -0.4 is 10.9 Å². The summed E-state index contributed by atoms with van der Waals surface area (Å²) < 4.78 is 13.3. The number of hydrogen-bond acceptors (Lipinski definition) is 3. The Kier molecular flexibility index (Phi) is 5.87. The summed E-state index contributed by atoms with van der Waals surface area (Å²) in [4.78, 5) is 26.7. The van der Waals surface area contributed by atoms with Crippen molar-refractivity contribution in [2.24, 2.45) is 5.92 Å². The molecule has 0 bridgehead atoms. The minimum Gasteiger partial charge on any atom is -0.392 e. The molecule has 24 heavy (non-hydrogen) atoms. The second-order valence-electron chi connectivity index (χ2n) is 6.12. The number of aliphatic hydroxyl groups is 1. The van der Waals surface area contributed by atoms with Gasteiger partial charge in [-0.05, 0) is 36.1 Å². The van der Waals surface area contributed by atoms with Crippen LogP contribution in [0.1, 0.15) is 41.0 Å². The average molecular weight is 332 g/mol. The van der Waals surface area contributed by atoms with Crippen molar-refractivity contribution in [1.82, 2.24) is 10.3 Å². The molecule has 2 aromatic rings. The van der Waals surface area contributed by atoms with Crippen LogP contribution in [0.3, 0.4) is 0 Å². The van der Waals surface area contributed by atoms with Crippen LogP contribution in [0.15, 0.2) is 35.1 Å². The number of H-pyrrole nitrogens is 1. The predicted octanol–water partition coefficient (Wildman–Crippen LogP) is 2.13. The monoisotopic (exact) mass is 332 g/mol. The minimum absolute atomic E-state index is 0.178. The van der Waals surface area contributed by atoms with Crippen molar-refractivity contribution in [3.8, 4) is 0 Å². The molecule has 1 aromatic carbocycles. The number of aromatic nitrogens is 1. The zero-order chi connectivity index (χ0) is 17.7. The first-order valence-electron chi connectivity index (χ1n) is 7.78. The van der Waals surface area contributed by atoms with Gasteiger partial charge in [-0.2, -0.15) is 0 Å². The number of hydrogen-bond donors (Lipinski definition) is 3. The molecule has 2 rings (SSSR count). The Bertz CT molecular complexity index is 784. The molecule has 0 aliphatic rings. The molecule has 0 saturated carbocycles. The number of halogens is 1. The number of aliphatic hydroxyl groups excluding tert-OH is 1. The maximum Gasteiger partial charge on any atom is 0.251 e. The number of pyridine rings is 1. The molecular formula is C18H21FN2O3. The van der Waals surface area contributed by atoms with Gasteiger partial charge in [0.1, 0.15) is 5.82 Å². The third-order valence-corrected chi connectivity index (χ3v) is 3.52. The molecule has 0 spiro atoms. The number of carbonyl (C=O) groups is 1. The van der Waals surface area contributed by atoms with E-state index in [-0.39, 0.29) is 23.6 Å². The molecule has 6 heteroatoms. The lowest BCUT2D eigenvalue weighted by molar-refractivity contribution is 0.0950. The van der Waals surface area contributed by atoms with E-state index in [4.69, 9.17) is 5.11 Å². The summed E-state index contributed by atoms with van der Waals surface area (Å²) in [5, 5.41) is 11.8. The van der Waals surface area contributed by atoms with Crippen LogP contribution in [-0.4, -0.2) is 16.0 Å². The molecule has 0 atom stereocenters. The molecular weight excluding hydrogens is 311 g/mol. The molecule has 0 unspecified atom stereocenters. The molecule has 0 saturated heterocycles. The Morgan fingerprint density at radius 3 is 2.71 bits per heavy atom. The van der Waals surface area contributed by atoms with Crippen molar-refractivity contribution in [3.63, 3.8) is 0 Å². The van der Waals surface area contributed by atoms with E-state index in [9.17, 15) is 14.0 Å². The molecule has 1 heterocycles. The Hall–Kier alpha value is -2.47. The van der Waals surface area contributed by atoms with Crippen LogP contribution >= 0.6 is 0 Å². The fraction of sp³-hybridized carbons (Fsp3) is 0.333. The summed E-state index contributed by atoms with van der Waals surface area (Å²) >= 11 is 0. The van der Waals surface area contributed by atoms with E-state index < -0.39 is 12.4 Å². The highest BCUT2D eigenvalue weighted by atomic mass is 19.1. The average Bonchev–Trinajstić information content (AvgIpc) is 2.52. The van der Waals surface area contributed by atoms with Crippen molar-refractivity contribution in [1.29, 1.82) is 0 Å². The quantitative estimate of drug-likeness (QED) is 0.758. The second-order valence-corrected chi connectivity index (χ2v) is 6.12. The van der Waals surface area contributed by atoms with Crippen LogP contribution in [0.5, 0.6) is 0 Å². The lowest BCUT2D eigenvalue weighted by atomic mass is 10.1. The van der Waals surface area contributed by atoms with Crippen LogP contribution in [0, 0.1) is 11.7 Å². The summed E-state index contributed by atoms with van der Waals surface area (Å²) in [6.07, 6.45) is 0.675. The van der Waals surface area contributed by atoms with Crippen molar-refractivity contribution >= 4 is 5.91 Å². The molecule has 3 N–H and O–H groups in total. The van der Waals surface area contributed by atoms with Crippen molar-refractivity contribution < 1.29 is 14.3 Å². The van der Waals surface area contributed by atoms with Gasteiger partial charge in [0.15, 0.2) is 0 Å². The van der Waals surface area contributed by atoms with Gasteiger partial charge in [0.05, 0.1) is 6.61 Å². The fourth-order valence-electron chi connectivity index (χ4n) is 2.43. The fourth-order valence-corrected chi connectivity index (χ4v) is 2.43. The van der Waals surface area contributed by atoms with Crippen molar-refractivity contribution in [3.05, 3.63) is 68.9 Å². The Morgan fingerprint density at radius 2 is 2.04 bits per heavy atom. The van der Waals surface area contributed by atoms with E-state index in [0.29, 0.717) is 29.2 Å². The molecule has 1 amide bonds. The van der Waals surface area contributed by atoms with Gasteiger partial charge in [-0.25, -0.2) is 4.39 Å². The molecule has 128 valence electrons. The van der Waals surface area contributed by atoms with Gasteiger partial charge in [0.25, 0.3) is 5.91 Å². The van der Waals surface area contributed by atoms with E-state index in [0.717, 1.165) is 0 Å². The summed E-state index contributed by atoms with van der Waals surface area (Å²) in [6, 6.07) is 7.21. The van der Waals surface area contributed by atoms with Crippen LogP contribution in [0.25, 0.3) is 0 Å². The topological polar surface area (TPSA) is 82.2 Å². The van der Waals surface area contributed by atoms with Gasteiger partial charge in [-0.1, -0.05) is 19.9 Å². The van der Waals surface area contributed by atoms with E-state index >= 15 is 0 Å². The summed E-state index contributed by atoms with van der Waals surface area (Å²) in [5.74, 6) is -0.503. The molecule has 5 nitrogen and oxygen atoms in total. The number of carbonyl (C=O) groups excluding carboxylic acids is 1. The molecule has 0 fully saturated rings. The Morgan fingerprint density at radius 1 is 1.29 bits per heavy atom. The minimum atomic E-state index is -0.486. The number of benzene rings is 1. The zero-order valence-corrected chi connectivity index (χ0v) is 13.7. The molecule has 0 aliphatic heterocycles. The second kappa shape index (κ2) is 7.88. The Labute approximate surface area is 139 Å². The van der Waals surface area contributed by atoms with Crippen LogP contribution in [0.4, 0.5) is 4.39 Å². The lowest BCUT2D eigenvalue weighted by Crippen LogP contribution is -2.25. The highest BCUT2D eigenvalue weighted by Crippen LogP contribution is 2.11. The summed E-state index contributed by atoms with van der Waals surface area (Å²) in [7, 11) is 0. The number of amides is 1. The number of aromatic amines is 1. The van der Waals surface area contributed by atoms with Crippen LogP contribution in [-0.2, 0) is 19.6 Å². The van der Waals surface area contributed by atoms with Gasteiger partial charge >= 0.3 is 0 Å². The van der Waals surface area contributed by atoms with Crippen molar-refractivity contribution in [2.45, 2.75) is 33.4 Å². The first-order valence-corrected chi connectivity index (χ1v) is 7.78. The first kappa shape index (κ1) is 17.9. The van der Waals surface area contributed by atoms with E-state index in [1.807, 2.05) is 13.8 Å². The maximum atomic E-state index is 13.3. The van der Waals surface area contributed by atoms with Gasteiger partial charge < -0.3 is 15.4 Å². The van der Waals surface area contributed by atoms with Crippen LogP contribution in [0.2, 0.25) is 0 Å². The smallest absolute Gasteiger partial charge is 0.251 e. The first-order chi connectivity index (χ1) is 11.4. The standard InChI is InChI=1S/C18H21FN2O3/c1-11(2)5-15-7-13(8-17(23)21-15)18(24)20-9-12-3-4-16(19)14(6-12)10-22/h3-4,6-8,11,22H,5,9-10H2,1-2H3,(H,20,24)(H,21,23). The molecule has 0 radical (unpaired) electrons. The predicted molar refractivity (Wildman–Crippen MR) is 89.1 cm³/mol. The number of rotatable bonds is 6. The van der Waals surface area contributed by atoms with Gasteiger partial charge in [0.2, 0.25) is 5.56 Å². The largest absolute Gasteiger partial charge is 0.392 e. The van der Waals surface area contributed by atoms with Gasteiger partial charge in [-0.3, -0.25) is 9.59 Å². The highest BCUT2D eigenvalue weighted by Gasteiger charge is 2.10. The summed E-state index contributed by atoms with van der Waals surface area (Å²) in [6.45, 7) is 3.83. The van der Waals surface area contributed by atoms with Gasteiger partial charge in [0, 0.05) is 29.4 Å². The summed E-state index contributed by atoms with van der Waals surface area (Å²) in [5.41, 5.74) is 1.53. The van der Waals surface area contributed by atoms with E-state index in [2.05, 4.69) is 10.3 Å². The normalized spacial score (nSPS) is 10.9. The van der Waals surface area contributed by atoms with Gasteiger partial charge in [-0.15, -0.1) is 0 Å². The highest BCUT2D eigenvalue weighted by molar-refractivity contribution is 5.94. The molecule has 1 aromatic heterocycles. The maximum absolute atomic E-state index is 13.3. The van der Waals surface area contributed by atoms with E-state index in [1.54, 1.807) is 6.07 Å². The Balaban J connectivity index is 2.10. The third kappa shape index (κ3) is 4.76. The lowest BCUT2D eigenvalue weighted by Gasteiger charge is -2.09. The third-order valence-electron chi connectivity index (χ3n) is 3.52. The number of nitrogens with one attached hydrogen (secondary N) is 2.